The van der Waals surface area contributed by atoms with Gasteiger partial charge in [0.15, 0.2) is 11.6 Å². The van der Waals surface area contributed by atoms with Gasteiger partial charge < -0.3 is 0 Å². The Hall–Kier alpha value is -4.64. The molecule has 294 valence electrons. The van der Waals surface area contributed by atoms with Crippen LogP contribution in [0.25, 0.3) is 22.3 Å². The average molecular weight is 799 g/mol. The summed E-state index contributed by atoms with van der Waals surface area (Å²) in [5, 5.41) is 0. The number of hydrogen-bond donors (Lipinski definition) is 0. The van der Waals surface area contributed by atoms with E-state index in [2.05, 4.69) is 124 Å². The zero-order chi connectivity index (χ0) is 40.0. The molecular weight excluding hydrogens is 745 g/mol. The fourth-order valence-corrected chi connectivity index (χ4v) is 10.8. The zero-order valence-corrected chi connectivity index (χ0v) is 35.8. The second kappa shape index (κ2) is 18.5. The Kier molecular flexibility index (Phi) is 12.8. The van der Waals surface area contributed by atoms with Crippen LogP contribution in [0.4, 0.5) is 0 Å². The Labute approximate surface area is 354 Å². The molecule has 1 saturated carbocycles. The summed E-state index contributed by atoms with van der Waals surface area (Å²) < 4.78 is 0. The standard InChI is InChI=1S/C54H54O2S2/c1-4-6-8-11-38-16-20-39(21-17-38)40-24-26-41(27-25-40)42-28-32-46(33-29-42)57-49-13-9-12-47-51(49)54(56)48-34-44(43-22-18-37(19-23-43)10-7-5-2)35-50(52(48)53(47)55)58-45-30-14-36(3)15-31-45/h9,12-15,18-19,22-35,38-39H,4-8,10-11,16-17,20-21H2,1-3H3. The Morgan fingerprint density at radius 2 is 1.10 bits per heavy atom. The van der Waals surface area contributed by atoms with E-state index in [-0.39, 0.29) is 11.6 Å². The van der Waals surface area contributed by atoms with Gasteiger partial charge in [0.2, 0.25) is 0 Å². The normalized spacial score (nSPS) is 16.3. The highest BCUT2D eigenvalue weighted by Crippen LogP contribution is 2.44. The van der Waals surface area contributed by atoms with Crippen molar-refractivity contribution < 1.29 is 9.59 Å². The van der Waals surface area contributed by atoms with Crippen molar-refractivity contribution in [2.24, 2.45) is 5.92 Å². The molecule has 0 amide bonds. The van der Waals surface area contributed by atoms with E-state index in [1.165, 1.54) is 79.2 Å². The molecule has 0 aliphatic heterocycles. The van der Waals surface area contributed by atoms with Crippen LogP contribution in [-0.4, -0.2) is 11.6 Å². The first-order valence-electron chi connectivity index (χ1n) is 21.5. The van der Waals surface area contributed by atoms with Crippen LogP contribution in [0.15, 0.2) is 147 Å². The molecule has 2 aliphatic rings. The number of unbranched alkanes of at least 4 members (excludes halogenated alkanes) is 3. The molecule has 0 N–H and O–H groups in total. The third-order valence-corrected chi connectivity index (χ3v) is 14.4. The van der Waals surface area contributed by atoms with Gasteiger partial charge in [-0.2, -0.15) is 0 Å². The third-order valence-electron chi connectivity index (χ3n) is 12.3. The van der Waals surface area contributed by atoms with E-state index in [1.807, 2.05) is 24.3 Å². The molecule has 0 bridgehead atoms. The van der Waals surface area contributed by atoms with Gasteiger partial charge in [0.1, 0.15) is 0 Å². The summed E-state index contributed by atoms with van der Waals surface area (Å²) in [6.45, 7) is 6.58. The van der Waals surface area contributed by atoms with E-state index in [1.54, 1.807) is 23.5 Å². The fraction of sp³-hybridized carbons (Fsp3) is 0.296. The first-order chi connectivity index (χ1) is 28.4. The predicted octanol–water partition coefficient (Wildman–Crippen LogP) is 15.6. The van der Waals surface area contributed by atoms with Gasteiger partial charge in [-0.25, -0.2) is 0 Å². The molecule has 0 heterocycles. The van der Waals surface area contributed by atoms with Crippen molar-refractivity contribution in [1.29, 1.82) is 0 Å². The Morgan fingerprint density at radius 3 is 1.78 bits per heavy atom. The van der Waals surface area contributed by atoms with Gasteiger partial charge in [-0.15, -0.1) is 0 Å². The SMILES string of the molecule is CCCCCC1CCC(c2ccc(-c3ccc(Sc4cccc5c4C(=O)c4cc(-c6ccc(CCCC)cc6)cc(Sc6ccc(C)cc6)c4C5=O)cc3)cc2)CC1. The summed E-state index contributed by atoms with van der Waals surface area (Å²) in [5.41, 5.74) is 10.3. The van der Waals surface area contributed by atoms with Crippen molar-refractivity contribution in [2.75, 3.05) is 0 Å². The highest BCUT2D eigenvalue weighted by atomic mass is 32.2. The van der Waals surface area contributed by atoms with Gasteiger partial charge in [0, 0.05) is 41.8 Å². The summed E-state index contributed by atoms with van der Waals surface area (Å²) in [6.07, 6.45) is 14.2. The number of benzene rings is 6. The quantitative estimate of drug-likeness (QED) is 0.103. The minimum Gasteiger partial charge on any atom is -0.289 e. The van der Waals surface area contributed by atoms with E-state index in [9.17, 15) is 9.59 Å². The van der Waals surface area contributed by atoms with Crippen molar-refractivity contribution in [3.8, 4) is 22.3 Å². The van der Waals surface area contributed by atoms with Gasteiger partial charge in [-0.3, -0.25) is 9.59 Å². The van der Waals surface area contributed by atoms with Crippen LogP contribution in [0.1, 0.15) is 133 Å². The molecule has 0 atom stereocenters. The predicted molar refractivity (Wildman–Crippen MR) is 244 cm³/mol. The van der Waals surface area contributed by atoms with E-state index in [0.29, 0.717) is 28.2 Å². The molecular formula is C54H54O2S2. The van der Waals surface area contributed by atoms with Crippen molar-refractivity contribution >= 4 is 35.1 Å². The van der Waals surface area contributed by atoms with Crippen LogP contribution in [0.3, 0.4) is 0 Å². The molecule has 0 unspecified atom stereocenters. The second-order valence-corrected chi connectivity index (χ2v) is 18.6. The monoisotopic (exact) mass is 798 g/mol. The lowest BCUT2D eigenvalue weighted by atomic mass is 9.77. The van der Waals surface area contributed by atoms with Gasteiger partial charge in [0.25, 0.3) is 0 Å². The van der Waals surface area contributed by atoms with E-state index < -0.39 is 0 Å². The lowest BCUT2D eigenvalue weighted by Crippen LogP contribution is -2.22. The lowest BCUT2D eigenvalue weighted by molar-refractivity contribution is 0.0974. The molecule has 2 aliphatic carbocycles. The smallest absolute Gasteiger partial charge is 0.195 e. The maximum absolute atomic E-state index is 14.7. The first kappa shape index (κ1) is 40.2. The topological polar surface area (TPSA) is 34.1 Å². The van der Waals surface area contributed by atoms with Crippen LogP contribution in [0.5, 0.6) is 0 Å². The van der Waals surface area contributed by atoms with Gasteiger partial charge >= 0.3 is 0 Å². The average Bonchev–Trinajstić information content (AvgIpc) is 3.26. The minimum atomic E-state index is -0.0958. The molecule has 8 rings (SSSR count). The number of ketones is 2. The summed E-state index contributed by atoms with van der Waals surface area (Å²) in [7, 11) is 0. The molecule has 0 radical (unpaired) electrons. The number of rotatable bonds is 14. The van der Waals surface area contributed by atoms with Crippen molar-refractivity contribution in [2.45, 2.75) is 117 Å². The molecule has 58 heavy (non-hydrogen) atoms. The maximum Gasteiger partial charge on any atom is 0.195 e. The van der Waals surface area contributed by atoms with Gasteiger partial charge in [-0.1, -0.05) is 160 Å². The van der Waals surface area contributed by atoms with Crippen molar-refractivity contribution in [1.82, 2.24) is 0 Å². The van der Waals surface area contributed by atoms with Crippen LogP contribution < -0.4 is 0 Å². The number of aryl methyl sites for hydroxylation is 2. The molecule has 0 aromatic heterocycles. The lowest BCUT2D eigenvalue weighted by Gasteiger charge is -2.29. The van der Waals surface area contributed by atoms with E-state index in [0.717, 1.165) is 55.9 Å². The first-order valence-corrected chi connectivity index (χ1v) is 23.1. The van der Waals surface area contributed by atoms with Crippen LogP contribution in [0, 0.1) is 12.8 Å². The second-order valence-electron chi connectivity index (χ2n) is 16.4. The molecule has 1 fully saturated rings. The highest BCUT2D eigenvalue weighted by Gasteiger charge is 2.35. The molecule has 4 heteroatoms. The summed E-state index contributed by atoms with van der Waals surface area (Å²) >= 11 is 3.11. The zero-order valence-electron chi connectivity index (χ0n) is 34.2. The Bertz CT molecular complexity index is 2370. The number of hydrogen-bond acceptors (Lipinski definition) is 4. The Balaban J connectivity index is 1.03. The van der Waals surface area contributed by atoms with Crippen LogP contribution in [-0.2, 0) is 6.42 Å². The van der Waals surface area contributed by atoms with Crippen molar-refractivity contribution in [3.63, 3.8) is 0 Å². The maximum atomic E-state index is 14.7. The molecule has 2 nitrogen and oxygen atoms in total. The molecule has 6 aromatic carbocycles. The van der Waals surface area contributed by atoms with Gasteiger partial charge in [-0.05, 0) is 133 Å². The number of carbonyl (C=O) groups excluding carboxylic acids is 2. The number of fused-ring (bicyclic) bond motifs is 2. The Morgan fingerprint density at radius 1 is 0.534 bits per heavy atom. The number of carbonyl (C=O) groups is 2. The van der Waals surface area contributed by atoms with E-state index in [4.69, 9.17) is 0 Å². The molecule has 0 spiro atoms. The highest BCUT2D eigenvalue weighted by molar-refractivity contribution is 7.99. The molecule has 0 saturated heterocycles. The van der Waals surface area contributed by atoms with Crippen LogP contribution in [0.2, 0.25) is 0 Å². The summed E-state index contributed by atoms with van der Waals surface area (Å²) in [4.78, 5) is 32.9. The van der Waals surface area contributed by atoms with Crippen LogP contribution >= 0.6 is 23.5 Å². The van der Waals surface area contributed by atoms with E-state index >= 15 is 0 Å². The minimum absolute atomic E-state index is 0.0954. The summed E-state index contributed by atoms with van der Waals surface area (Å²) in [5.74, 6) is 1.41. The fourth-order valence-electron chi connectivity index (χ4n) is 8.82. The largest absolute Gasteiger partial charge is 0.289 e. The summed E-state index contributed by atoms with van der Waals surface area (Å²) in [6, 6.07) is 44.6. The third kappa shape index (κ3) is 8.99. The van der Waals surface area contributed by atoms with Gasteiger partial charge in [0.05, 0.1) is 0 Å². The molecule has 6 aromatic rings. The van der Waals surface area contributed by atoms with Crippen molar-refractivity contribution in [3.05, 3.63) is 166 Å².